The SMILES string of the molecule is COc1cc(CN(C)C(=O)C(=O)O)c(OC)cc1C. The van der Waals surface area contributed by atoms with Crippen molar-refractivity contribution in [3.8, 4) is 11.5 Å². The number of aliphatic carboxylic acids is 1. The monoisotopic (exact) mass is 267 g/mol. The van der Waals surface area contributed by atoms with Crippen LogP contribution in [0.3, 0.4) is 0 Å². The number of amides is 1. The molecule has 1 aromatic carbocycles. The first-order valence-corrected chi connectivity index (χ1v) is 5.60. The van der Waals surface area contributed by atoms with Crippen molar-refractivity contribution in [2.45, 2.75) is 13.5 Å². The van der Waals surface area contributed by atoms with Crippen LogP contribution in [-0.2, 0) is 16.1 Å². The van der Waals surface area contributed by atoms with Crippen LogP contribution in [0.25, 0.3) is 0 Å². The molecule has 0 aliphatic rings. The normalized spacial score (nSPS) is 9.89. The first kappa shape index (κ1) is 14.8. The molecule has 0 radical (unpaired) electrons. The van der Waals surface area contributed by atoms with E-state index in [-0.39, 0.29) is 6.54 Å². The Morgan fingerprint density at radius 1 is 1.21 bits per heavy atom. The Kier molecular flexibility index (Phi) is 4.74. The van der Waals surface area contributed by atoms with Crippen LogP contribution in [-0.4, -0.2) is 43.2 Å². The number of hydrogen-bond acceptors (Lipinski definition) is 4. The third-order valence-electron chi connectivity index (χ3n) is 2.74. The molecule has 0 spiro atoms. The summed E-state index contributed by atoms with van der Waals surface area (Å²) in [4.78, 5) is 23.0. The average molecular weight is 267 g/mol. The highest BCUT2D eigenvalue weighted by Crippen LogP contribution is 2.29. The molecule has 1 rings (SSSR count). The predicted molar refractivity (Wildman–Crippen MR) is 68.4 cm³/mol. The summed E-state index contributed by atoms with van der Waals surface area (Å²) >= 11 is 0. The first-order valence-electron chi connectivity index (χ1n) is 5.60. The van der Waals surface area contributed by atoms with Gasteiger partial charge in [0, 0.05) is 19.2 Å². The molecular weight excluding hydrogens is 250 g/mol. The van der Waals surface area contributed by atoms with Gasteiger partial charge in [0.25, 0.3) is 0 Å². The Balaban J connectivity index is 3.05. The Hall–Kier alpha value is -2.24. The molecule has 1 N–H and O–H groups in total. The summed E-state index contributed by atoms with van der Waals surface area (Å²) in [5, 5.41) is 8.65. The van der Waals surface area contributed by atoms with E-state index in [0.717, 1.165) is 10.5 Å². The quantitative estimate of drug-likeness (QED) is 0.825. The molecule has 0 saturated heterocycles. The van der Waals surface area contributed by atoms with Crippen LogP contribution in [0, 0.1) is 6.92 Å². The third kappa shape index (κ3) is 3.37. The maximum absolute atomic E-state index is 11.3. The number of carbonyl (C=O) groups excluding carboxylic acids is 1. The second kappa shape index (κ2) is 6.08. The maximum atomic E-state index is 11.3. The fourth-order valence-corrected chi connectivity index (χ4v) is 1.73. The molecule has 1 aromatic rings. The summed E-state index contributed by atoms with van der Waals surface area (Å²) in [5.74, 6) is -1.21. The van der Waals surface area contributed by atoms with Crippen LogP contribution in [0.15, 0.2) is 12.1 Å². The molecule has 0 unspecified atom stereocenters. The number of nitrogens with zero attached hydrogens (tertiary/aromatic N) is 1. The lowest BCUT2D eigenvalue weighted by molar-refractivity contribution is -0.155. The van der Waals surface area contributed by atoms with Gasteiger partial charge in [-0.15, -0.1) is 0 Å². The van der Waals surface area contributed by atoms with Crippen molar-refractivity contribution in [3.05, 3.63) is 23.3 Å². The summed E-state index contributed by atoms with van der Waals surface area (Å²) in [5.41, 5.74) is 1.58. The fraction of sp³-hybridized carbons (Fsp3) is 0.385. The molecule has 1 amide bonds. The number of rotatable bonds is 4. The summed E-state index contributed by atoms with van der Waals surface area (Å²) in [6, 6.07) is 3.52. The smallest absolute Gasteiger partial charge is 0.394 e. The van der Waals surface area contributed by atoms with Crippen molar-refractivity contribution in [1.29, 1.82) is 0 Å². The van der Waals surface area contributed by atoms with Gasteiger partial charge >= 0.3 is 11.9 Å². The van der Waals surface area contributed by atoms with Crippen molar-refractivity contribution in [2.24, 2.45) is 0 Å². The van der Waals surface area contributed by atoms with Crippen LogP contribution in [0.2, 0.25) is 0 Å². The lowest BCUT2D eigenvalue weighted by Crippen LogP contribution is -2.32. The van der Waals surface area contributed by atoms with E-state index >= 15 is 0 Å². The van der Waals surface area contributed by atoms with Crippen molar-refractivity contribution in [3.63, 3.8) is 0 Å². The summed E-state index contributed by atoms with van der Waals surface area (Å²) in [6.45, 7) is 2.00. The van der Waals surface area contributed by atoms with Crippen molar-refractivity contribution in [2.75, 3.05) is 21.3 Å². The second-order valence-electron chi connectivity index (χ2n) is 4.10. The lowest BCUT2D eigenvalue weighted by atomic mass is 10.1. The third-order valence-corrected chi connectivity index (χ3v) is 2.74. The van der Waals surface area contributed by atoms with E-state index < -0.39 is 11.9 Å². The topological polar surface area (TPSA) is 76.1 Å². The molecule has 19 heavy (non-hydrogen) atoms. The van der Waals surface area contributed by atoms with Gasteiger partial charge in [-0.3, -0.25) is 4.79 Å². The number of likely N-dealkylation sites (N-methyl/N-ethyl adjacent to an activating group) is 1. The minimum atomic E-state index is -1.49. The first-order chi connectivity index (χ1) is 8.90. The van der Waals surface area contributed by atoms with E-state index in [2.05, 4.69) is 0 Å². The van der Waals surface area contributed by atoms with Gasteiger partial charge in [-0.25, -0.2) is 4.79 Å². The molecule has 6 heteroatoms. The van der Waals surface area contributed by atoms with Crippen molar-refractivity contribution < 1.29 is 24.2 Å². The van der Waals surface area contributed by atoms with Crippen molar-refractivity contribution >= 4 is 11.9 Å². The number of aryl methyl sites for hydroxylation is 1. The van der Waals surface area contributed by atoms with Gasteiger partial charge in [-0.2, -0.15) is 0 Å². The number of carboxylic acids is 1. The fourth-order valence-electron chi connectivity index (χ4n) is 1.73. The Bertz CT molecular complexity index is 498. The molecule has 0 fully saturated rings. The number of carboxylic acid groups (broad SMARTS) is 1. The van der Waals surface area contributed by atoms with Gasteiger partial charge in [0.05, 0.1) is 14.2 Å². The van der Waals surface area contributed by atoms with Crippen LogP contribution < -0.4 is 9.47 Å². The number of hydrogen-bond donors (Lipinski definition) is 1. The summed E-state index contributed by atoms with van der Waals surface area (Å²) in [6.07, 6.45) is 0. The molecule has 0 aromatic heterocycles. The number of benzene rings is 1. The number of methoxy groups -OCH3 is 2. The molecule has 0 heterocycles. The van der Waals surface area contributed by atoms with Gasteiger partial charge in [-0.1, -0.05) is 0 Å². The maximum Gasteiger partial charge on any atom is 0.394 e. The highest BCUT2D eigenvalue weighted by Gasteiger charge is 2.19. The van der Waals surface area contributed by atoms with Crippen LogP contribution in [0.1, 0.15) is 11.1 Å². The molecule has 0 bridgehead atoms. The number of carbonyl (C=O) groups is 2. The predicted octanol–water partition coefficient (Wildman–Crippen LogP) is 1.06. The zero-order chi connectivity index (χ0) is 14.6. The molecule has 104 valence electrons. The zero-order valence-corrected chi connectivity index (χ0v) is 11.4. The van der Waals surface area contributed by atoms with E-state index in [0.29, 0.717) is 17.1 Å². The van der Waals surface area contributed by atoms with Crippen LogP contribution in [0.5, 0.6) is 11.5 Å². The zero-order valence-electron chi connectivity index (χ0n) is 11.4. The molecule has 0 aliphatic heterocycles. The van der Waals surface area contributed by atoms with E-state index in [1.165, 1.54) is 14.2 Å². The molecule has 0 aliphatic carbocycles. The van der Waals surface area contributed by atoms with E-state index in [1.54, 1.807) is 19.2 Å². The standard InChI is InChI=1S/C13H17NO5/c1-8-5-11(19-4)9(6-10(8)18-3)7-14(2)12(15)13(16)17/h5-6H,7H2,1-4H3,(H,16,17). The minimum absolute atomic E-state index is 0.130. The van der Waals surface area contributed by atoms with E-state index in [1.807, 2.05) is 6.92 Å². The number of ether oxygens (including phenoxy) is 2. The van der Waals surface area contributed by atoms with Crippen molar-refractivity contribution in [1.82, 2.24) is 4.90 Å². The molecule has 0 saturated carbocycles. The largest absolute Gasteiger partial charge is 0.496 e. The summed E-state index contributed by atoms with van der Waals surface area (Å²) < 4.78 is 10.4. The van der Waals surface area contributed by atoms with Crippen LogP contribution in [0.4, 0.5) is 0 Å². The molecule has 0 atom stereocenters. The molecular formula is C13H17NO5. The van der Waals surface area contributed by atoms with E-state index in [4.69, 9.17) is 14.6 Å². The Labute approximate surface area is 111 Å². The van der Waals surface area contributed by atoms with Crippen LogP contribution >= 0.6 is 0 Å². The summed E-state index contributed by atoms with van der Waals surface area (Å²) in [7, 11) is 4.48. The van der Waals surface area contributed by atoms with Gasteiger partial charge < -0.3 is 19.5 Å². The highest BCUT2D eigenvalue weighted by molar-refractivity contribution is 6.31. The minimum Gasteiger partial charge on any atom is -0.496 e. The Morgan fingerprint density at radius 2 is 1.79 bits per heavy atom. The lowest BCUT2D eigenvalue weighted by Gasteiger charge is -2.18. The van der Waals surface area contributed by atoms with E-state index in [9.17, 15) is 9.59 Å². The van der Waals surface area contributed by atoms with Gasteiger partial charge in [-0.05, 0) is 24.6 Å². The highest BCUT2D eigenvalue weighted by atomic mass is 16.5. The average Bonchev–Trinajstić information content (AvgIpc) is 2.38. The van der Waals surface area contributed by atoms with Gasteiger partial charge in [0.2, 0.25) is 0 Å². The molecule has 6 nitrogen and oxygen atoms in total. The van der Waals surface area contributed by atoms with Gasteiger partial charge in [0.1, 0.15) is 11.5 Å². The van der Waals surface area contributed by atoms with Gasteiger partial charge in [0.15, 0.2) is 0 Å². The second-order valence-corrected chi connectivity index (χ2v) is 4.10. The Morgan fingerprint density at radius 3 is 2.26 bits per heavy atom.